The maximum absolute atomic E-state index is 12.4. The molecule has 0 aliphatic rings. The molecule has 0 heterocycles. The minimum absolute atomic E-state index is 0. The van der Waals surface area contributed by atoms with Crippen molar-refractivity contribution in [2.45, 2.75) is 58.5 Å². The number of amides is 1. The zero-order valence-electron chi connectivity index (χ0n) is 16.5. The van der Waals surface area contributed by atoms with Gasteiger partial charge < -0.3 is 37.5 Å². The number of esters is 2. The first-order chi connectivity index (χ1) is 12.8. The molecule has 164 valence electrons. The van der Waals surface area contributed by atoms with Gasteiger partial charge in [0, 0.05) is 24.3 Å². The molecular formula is C17H30BrN2O6S2-. The molecule has 0 aromatic carbocycles. The van der Waals surface area contributed by atoms with Gasteiger partial charge in [0.05, 0.1) is 25.7 Å². The second-order valence-electron chi connectivity index (χ2n) is 5.48. The molecule has 0 aromatic heterocycles. The SMILES string of the molecule is CCOC(=O)CCC(=O)[C@H](CSSCC)NC(=O)CC[C@H](N)C(=O)OCC.[Br-]. The summed E-state index contributed by atoms with van der Waals surface area (Å²) in [6.07, 6.45) is 0.125. The fourth-order valence-electron chi connectivity index (χ4n) is 1.97. The number of nitrogens with two attached hydrogens (primary N) is 1. The van der Waals surface area contributed by atoms with E-state index in [1.165, 1.54) is 10.8 Å². The number of Topliss-reactive ketones (excluding diaryl/α,β-unsaturated/α-hetero) is 1. The fraction of sp³-hybridized carbons (Fsp3) is 0.765. The number of hydrogen-bond donors (Lipinski definition) is 2. The zero-order chi connectivity index (χ0) is 20.7. The number of carbonyl (C=O) groups is 4. The highest BCUT2D eigenvalue weighted by Crippen LogP contribution is 2.22. The van der Waals surface area contributed by atoms with Crippen LogP contribution in [0.1, 0.15) is 46.5 Å². The summed E-state index contributed by atoms with van der Waals surface area (Å²) in [5.74, 6) is -0.317. The third kappa shape index (κ3) is 14.3. The summed E-state index contributed by atoms with van der Waals surface area (Å²) in [6.45, 7) is 5.85. The molecule has 0 fully saturated rings. The van der Waals surface area contributed by atoms with Crippen LogP contribution < -0.4 is 28.0 Å². The summed E-state index contributed by atoms with van der Waals surface area (Å²) in [4.78, 5) is 47.4. The third-order valence-electron chi connectivity index (χ3n) is 3.31. The van der Waals surface area contributed by atoms with E-state index in [0.717, 1.165) is 5.75 Å². The quantitative estimate of drug-likeness (QED) is 0.156. The van der Waals surface area contributed by atoms with Crippen molar-refractivity contribution in [2.75, 3.05) is 24.7 Å². The molecule has 0 spiro atoms. The van der Waals surface area contributed by atoms with E-state index in [4.69, 9.17) is 15.2 Å². The first-order valence-electron chi connectivity index (χ1n) is 8.99. The normalized spacial score (nSPS) is 12.3. The van der Waals surface area contributed by atoms with E-state index < -0.39 is 24.0 Å². The van der Waals surface area contributed by atoms with E-state index >= 15 is 0 Å². The largest absolute Gasteiger partial charge is 1.00 e. The van der Waals surface area contributed by atoms with Crippen LogP contribution in [0.25, 0.3) is 0 Å². The maximum Gasteiger partial charge on any atom is 0.322 e. The van der Waals surface area contributed by atoms with E-state index in [0.29, 0.717) is 5.75 Å². The van der Waals surface area contributed by atoms with Crippen LogP contribution in [0, 0.1) is 0 Å². The Kier molecular flexibility index (Phi) is 19.2. The Morgan fingerprint density at radius 2 is 1.61 bits per heavy atom. The molecular weight excluding hydrogens is 472 g/mol. The van der Waals surface area contributed by atoms with Gasteiger partial charge in [0.15, 0.2) is 5.78 Å². The van der Waals surface area contributed by atoms with Gasteiger partial charge in [-0.1, -0.05) is 28.5 Å². The summed E-state index contributed by atoms with van der Waals surface area (Å²) in [5.41, 5.74) is 5.67. The molecule has 28 heavy (non-hydrogen) atoms. The molecule has 2 atom stereocenters. The number of halogens is 1. The highest BCUT2D eigenvalue weighted by Gasteiger charge is 2.23. The first-order valence-corrected chi connectivity index (χ1v) is 11.5. The van der Waals surface area contributed by atoms with Gasteiger partial charge in [-0.2, -0.15) is 0 Å². The standard InChI is InChI=1S/C17H30N2O6S2.BrH/c1-4-24-16(22)10-8-14(20)13(11-27-26-6-3)19-15(21)9-7-12(18)17(23)25-5-2;/h12-13H,4-11,18H2,1-3H3,(H,19,21);1H/p-1/t12-,13-;/m0./s1. The molecule has 0 rings (SSSR count). The molecule has 0 bridgehead atoms. The predicted molar refractivity (Wildman–Crippen MR) is 107 cm³/mol. The Bertz CT molecular complexity index is 496. The van der Waals surface area contributed by atoms with E-state index in [9.17, 15) is 19.2 Å². The van der Waals surface area contributed by atoms with Crippen LogP contribution in [0.15, 0.2) is 0 Å². The molecule has 0 aliphatic carbocycles. The van der Waals surface area contributed by atoms with Crippen LogP contribution in [0.5, 0.6) is 0 Å². The molecule has 0 radical (unpaired) electrons. The Hall–Kier alpha value is -0.780. The zero-order valence-corrected chi connectivity index (χ0v) is 19.8. The molecule has 11 heteroatoms. The highest BCUT2D eigenvalue weighted by atomic mass is 79.9. The number of carbonyl (C=O) groups excluding carboxylic acids is 4. The lowest BCUT2D eigenvalue weighted by molar-refractivity contribution is -0.145. The molecule has 1 amide bonds. The number of ketones is 1. The first kappa shape index (κ1) is 29.4. The topological polar surface area (TPSA) is 125 Å². The van der Waals surface area contributed by atoms with E-state index in [2.05, 4.69) is 5.32 Å². The van der Waals surface area contributed by atoms with Crippen LogP contribution in [-0.4, -0.2) is 60.4 Å². The Morgan fingerprint density at radius 3 is 2.18 bits per heavy atom. The van der Waals surface area contributed by atoms with Crippen LogP contribution in [0.4, 0.5) is 0 Å². The predicted octanol–water partition coefficient (Wildman–Crippen LogP) is -1.54. The lowest BCUT2D eigenvalue weighted by atomic mass is 10.1. The number of hydrogen-bond acceptors (Lipinski definition) is 9. The van der Waals surface area contributed by atoms with Gasteiger partial charge in [-0.3, -0.25) is 19.2 Å². The maximum atomic E-state index is 12.4. The fourth-order valence-corrected chi connectivity index (χ4v) is 3.83. The molecule has 8 nitrogen and oxygen atoms in total. The average molecular weight is 502 g/mol. The van der Waals surface area contributed by atoms with Crippen molar-refractivity contribution in [1.82, 2.24) is 5.32 Å². The smallest absolute Gasteiger partial charge is 0.322 e. The van der Waals surface area contributed by atoms with Crippen molar-refractivity contribution in [3.8, 4) is 0 Å². The Labute approximate surface area is 185 Å². The van der Waals surface area contributed by atoms with Gasteiger partial charge in [0.1, 0.15) is 6.04 Å². The Morgan fingerprint density at radius 1 is 0.964 bits per heavy atom. The molecule has 3 N–H and O–H groups in total. The van der Waals surface area contributed by atoms with Gasteiger partial charge in [0.2, 0.25) is 5.91 Å². The number of ether oxygens (including phenoxy) is 2. The van der Waals surface area contributed by atoms with Gasteiger partial charge in [-0.25, -0.2) is 0 Å². The second-order valence-corrected chi connectivity index (χ2v) is 8.28. The number of nitrogens with one attached hydrogen (secondary N) is 1. The average Bonchev–Trinajstić information content (AvgIpc) is 2.63. The Balaban J connectivity index is 0. The number of rotatable bonds is 15. The summed E-state index contributed by atoms with van der Waals surface area (Å²) < 4.78 is 9.61. The van der Waals surface area contributed by atoms with E-state index in [-0.39, 0.29) is 67.6 Å². The van der Waals surface area contributed by atoms with Crippen molar-refractivity contribution in [3.05, 3.63) is 0 Å². The monoisotopic (exact) mass is 501 g/mol. The van der Waals surface area contributed by atoms with Crippen molar-refractivity contribution in [2.24, 2.45) is 5.73 Å². The van der Waals surface area contributed by atoms with E-state index in [1.54, 1.807) is 24.6 Å². The summed E-state index contributed by atoms with van der Waals surface area (Å²) in [7, 11) is 3.06. The minimum Gasteiger partial charge on any atom is -1.00 e. The van der Waals surface area contributed by atoms with Gasteiger partial charge in [-0.15, -0.1) is 0 Å². The summed E-state index contributed by atoms with van der Waals surface area (Å²) in [6, 6.07) is -1.58. The van der Waals surface area contributed by atoms with Crippen LogP contribution in [0.3, 0.4) is 0 Å². The van der Waals surface area contributed by atoms with Crippen LogP contribution >= 0.6 is 21.6 Å². The van der Waals surface area contributed by atoms with Gasteiger partial charge >= 0.3 is 11.9 Å². The third-order valence-corrected chi connectivity index (χ3v) is 5.80. The summed E-state index contributed by atoms with van der Waals surface area (Å²) >= 11 is 0. The van der Waals surface area contributed by atoms with Crippen molar-refractivity contribution in [1.29, 1.82) is 0 Å². The van der Waals surface area contributed by atoms with Crippen molar-refractivity contribution < 1.29 is 45.6 Å². The lowest BCUT2D eigenvalue weighted by Crippen LogP contribution is -3.00. The minimum atomic E-state index is -0.876. The molecule has 0 saturated carbocycles. The van der Waals surface area contributed by atoms with Crippen molar-refractivity contribution in [3.63, 3.8) is 0 Å². The molecule has 0 saturated heterocycles. The van der Waals surface area contributed by atoms with Crippen molar-refractivity contribution >= 4 is 45.2 Å². The van der Waals surface area contributed by atoms with Crippen LogP contribution in [-0.2, 0) is 28.7 Å². The van der Waals surface area contributed by atoms with Gasteiger partial charge in [0.25, 0.3) is 0 Å². The lowest BCUT2D eigenvalue weighted by Gasteiger charge is -2.17. The van der Waals surface area contributed by atoms with Gasteiger partial charge in [-0.05, 0) is 20.3 Å². The molecule has 0 aromatic rings. The van der Waals surface area contributed by atoms with E-state index in [1.807, 2.05) is 6.92 Å². The van der Waals surface area contributed by atoms with Crippen LogP contribution in [0.2, 0.25) is 0 Å². The summed E-state index contributed by atoms with van der Waals surface area (Å²) in [5, 5.41) is 2.68. The molecule has 0 unspecified atom stereocenters. The second kappa shape index (κ2) is 18.3. The molecule has 0 aliphatic heterocycles. The highest BCUT2D eigenvalue weighted by molar-refractivity contribution is 8.76.